The molecule has 2 aliphatic rings. The SMILES string of the molecule is NC(=O)Cc1ccc(NC(=O)C2CC3CC3C2)cc1. The number of nitrogens with one attached hydrogen (secondary N) is 1. The van der Waals surface area contributed by atoms with Crippen LogP contribution in [0.3, 0.4) is 0 Å². The van der Waals surface area contributed by atoms with Crippen molar-refractivity contribution in [3.8, 4) is 0 Å². The van der Waals surface area contributed by atoms with Gasteiger partial charge in [0.15, 0.2) is 0 Å². The van der Waals surface area contributed by atoms with E-state index in [4.69, 9.17) is 5.73 Å². The lowest BCUT2D eigenvalue weighted by molar-refractivity contribution is -0.120. The molecular formula is C15H18N2O2. The maximum absolute atomic E-state index is 12.1. The number of benzene rings is 1. The highest BCUT2D eigenvalue weighted by molar-refractivity contribution is 5.93. The van der Waals surface area contributed by atoms with Gasteiger partial charge in [0.1, 0.15) is 0 Å². The van der Waals surface area contributed by atoms with Crippen LogP contribution >= 0.6 is 0 Å². The largest absolute Gasteiger partial charge is 0.369 e. The van der Waals surface area contributed by atoms with E-state index in [1.54, 1.807) is 0 Å². The van der Waals surface area contributed by atoms with E-state index in [1.807, 2.05) is 24.3 Å². The quantitative estimate of drug-likeness (QED) is 0.862. The van der Waals surface area contributed by atoms with Crippen LogP contribution in [0.5, 0.6) is 0 Å². The Balaban J connectivity index is 1.57. The second-order valence-electron chi connectivity index (χ2n) is 5.75. The van der Waals surface area contributed by atoms with Crippen LogP contribution < -0.4 is 11.1 Å². The van der Waals surface area contributed by atoms with E-state index in [1.165, 1.54) is 6.42 Å². The molecule has 2 unspecified atom stereocenters. The fraction of sp³-hybridized carbons (Fsp3) is 0.467. The van der Waals surface area contributed by atoms with Gasteiger partial charge >= 0.3 is 0 Å². The van der Waals surface area contributed by atoms with Gasteiger partial charge < -0.3 is 11.1 Å². The number of hydrogen-bond donors (Lipinski definition) is 2. The van der Waals surface area contributed by atoms with E-state index in [-0.39, 0.29) is 24.2 Å². The number of fused-ring (bicyclic) bond motifs is 1. The second-order valence-corrected chi connectivity index (χ2v) is 5.75. The molecule has 2 aliphatic carbocycles. The lowest BCUT2D eigenvalue weighted by Crippen LogP contribution is -2.21. The molecule has 19 heavy (non-hydrogen) atoms. The Morgan fingerprint density at radius 2 is 1.74 bits per heavy atom. The van der Waals surface area contributed by atoms with E-state index < -0.39 is 0 Å². The Labute approximate surface area is 112 Å². The minimum atomic E-state index is -0.345. The van der Waals surface area contributed by atoms with Crippen LogP contribution in [0, 0.1) is 17.8 Å². The van der Waals surface area contributed by atoms with E-state index in [2.05, 4.69) is 5.32 Å². The van der Waals surface area contributed by atoms with Crippen molar-refractivity contribution >= 4 is 17.5 Å². The van der Waals surface area contributed by atoms with Gasteiger partial charge in [-0.2, -0.15) is 0 Å². The average Bonchev–Trinajstić information content (AvgIpc) is 2.98. The monoisotopic (exact) mass is 258 g/mol. The van der Waals surface area contributed by atoms with Crippen LogP contribution in [0.2, 0.25) is 0 Å². The van der Waals surface area contributed by atoms with Gasteiger partial charge in [0.25, 0.3) is 0 Å². The summed E-state index contributed by atoms with van der Waals surface area (Å²) < 4.78 is 0. The molecule has 0 spiro atoms. The van der Waals surface area contributed by atoms with Crippen LogP contribution in [-0.2, 0) is 16.0 Å². The van der Waals surface area contributed by atoms with Crippen molar-refractivity contribution in [2.45, 2.75) is 25.7 Å². The lowest BCUT2D eigenvalue weighted by Gasteiger charge is -2.12. The Morgan fingerprint density at radius 3 is 2.32 bits per heavy atom. The normalized spacial score (nSPS) is 27.7. The van der Waals surface area contributed by atoms with Gasteiger partial charge in [-0.05, 0) is 48.8 Å². The van der Waals surface area contributed by atoms with Crippen LogP contribution in [0.1, 0.15) is 24.8 Å². The van der Waals surface area contributed by atoms with Gasteiger partial charge in [-0.3, -0.25) is 9.59 Å². The van der Waals surface area contributed by atoms with Crippen molar-refractivity contribution in [2.24, 2.45) is 23.5 Å². The van der Waals surface area contributed by atoms with Gasteiger partial charge in [0.2, 0.25) is 11.8 Å². The summed E-state index contributed by atoms with van der Waals surface area (Å²) in [6.07, 6.45) is 3.67. The van der Waals surface area contributed by atoms with Crippen molar-refractivity contribution < 1.29 is 9.59 Å². The molecule has 0 radical (unpaired) electrons. The predicted octanol–water partition coefficient (Wildman–Crippen LogP) is 1.70. The van der Waals surface area contributed by atoms with Crippen LogP contribution in [0.4, 0.5) is 5.69 Å². The number of primary amides is 1. The molecular weight excluding hydrogens is 240 g/mol. The summed E-state index contributed by atoms with van der Waals surface area (Å²) >= 11 is 0. The highest BCUT2D eigenvalue weighted by Crippen LogP contribution is 2.54. The third-order valence-electron chi connectivity index (χ3n) is 4.21. The number of carbonyl (C=O) groups excluding carboxylic acids is 2. The molecule has 2 amide bonds. The van der Waals surface area contributed by atoms with Crippen LogP contribution in [0.15, 0.2) is 24.3 Å². The van der Waals surface area contributed by atoms with E-state index in [0.717, 1.165) is 35.9 Å². The predicted molar refractivity (Wildman–Crippen MR) is 72.3 cm³/mol. The highest BCUT2D eigenvalue weighted by Gasteiger charge is 2.47. The van der Waals surface area contributed by atoms with Crippen LogP contribution in [0.25, 0.3) is 0 Å². The Kier molecular flexibility index (Phi) is 3.01. The van der Waals surface area contributed by atoms with E-state index >= 15 is 0 Å². The minimum absolute atomic E-state index is 0.134. The van der Waals surface area contributed by atoms with Crippen molar-refractivity contribution in [2.75, 3.05) is 5.32 Å². The standard InChI is InChI=1S/C15H18N2O2/c16-14(18)5-9-1-3-13(4-2-9)17-15(19)12-7-10-6-11(10)8-12/h1-4,10-12H,5-8H2,(H2,16,18)(H,17,19). The third kappa shape index (κ3) is 2.78. The highest BCUT2D eigenvalue weighted by atomic mass is 16.2. The molecule has 0 aromatic heterocycles. The zero-order valence-corrected chi connectivity index (χ0v) is 10.8. The molecule has 1 aromatic carbocycles. The fourth-order valence-electron chi connectivity index (χ4n) is 3.08. The summed E-state index contributed by atoms with van der Waals surface area (Å²) in [7, 11) is 0. The number of rotatable bonds is 4. The summed E-state index contributed by atoms with van der Waals surface area (Å²) in [5.41, 5.74) is 6.79. The minimum Gasteiger partial charge on any atom is -0.369 e. The number of anilines is 1. The molecule has 4 heteroatoms. The van der Waals surface area contributed by atoms with Crippen molar-refractivity contribution in [3.05, 3.63) is 29.8 Å². The van der Waals surface area contributed by atoms with Gasteiger partial charge in [-0.1, -0.05) is 12.1 Å². The zero-order chi connectivity index (χ0) is 13.4. The molecule has 0 aliphatic heterocycles. The molecule has 0 bridgehead atoms. The average molecular weight is 258 g/mol. The van der Waals surface area contributed by atoms with Crippen molar-refractivity contribution in [1.82, 2.24) is 0 Å². The Morgan fingerprint density at radius 1 is 1.11 bits per heavy atom. The molecule has 1 aromatic rings. The Bertz CT molecular complexity index is 499. The van der Waals surface area contributed by atoms with Crippen molar-refractivity contribution in [1.29, 1.82) is 0 Å². The first kappa shape index (κ1) is 12.2. The Hall–Kier alpha value is -1.84. The molecule has 3 rings (SSSR count). The molecule has 100 valence electrons. The van der Waals surface area contributed by atoms with Gasteiger partial charge in [0.05, 0.1) is 6.42 Å². The number of nitrogens with two attached hydrogens (primary N) is 1. The first-order chi connectivity index (χ1) is 9.11. The number of hydrogen-bond acceptors (Lipinski definition) is 2. The zero-order valence-electron chi connectivity index (χ0n) is 10.8. The summed E-state index contributed by atoms with van der Waals surface area (Å²) in [6.45, 7) is 0. The summed E-state index contributed by atoms with van der Waals surface area (Å²) in [5.74, 6) is 1.60. The van der Waals surface area contributed by atoms with Gasteiger partial charge in [0, 0.05) is 11.6 Å². The number of amides is 2. The topological polar surface area (TPSA) is 72.2 Å². The lowest BCUT2D eigenvalue weighted by atomic mass is 10.0. The smallest absolute Gasteiger partial charge is 0.227 e. The van der Waals surface area contributed by atoms with Crippen LogP contribution in [-0.4, -0.2) is 11.8 Å². The molecule has 4 nitrogen and oxygen atoms in total. The maximum Gasteiger partial charge on any atom is 0.227 e. The molecule has 0 heterocycles. The maximum atomic E-state index is 12.1. The fourth-order valence-corrected chi connectivity index (χ4v) is 3.08. The summed E-state index contributed by atoms with van der Waals surface area (Å²) in [5, 5.41) is 2.95. The summed E-state index contributed by atoms with van der Waals surface area (Å²) in [6, 6.07) is 7.30. The summed E-state index contributed by atoms with van der Waals surface area (Å²) in [4.78, 5) is 22.9. The molecule has 3 N–H and O–H groups in total. The molecule has 0 saturated heterocycles. The van der Waals surface area contributed by atoms with E-state index in [0.29, 0.717) is 0 Å². The third-order valence-corrected chi connectivity index (χ3v) is 4.21. The molecule has 2 atom stereocenters. The van der Waals surface area contributed by atoms with Gasteiger partial charge in [-0.25, -0.2) is 0 Å². The first-order valence-corrected chi connectivity index (χ1v) is 6.80. The molecule has 2 fully saturated rings. The first-order valence-electron chi connectivity index (χ1n) is 6.80. The van der Waals surface area contributed by atoms with E-state index in [9.17, 15) is 9.59 Å². The molecule has 2 saturated carbocycles. The second kappa shape index (κ2) is 4.68. The van der Waals surface area contributed by atoms with Crippen molar-refractivity contribution in [3.63, 3.8) is 0 Å². The van der Waals surface area contributed by atoms with Gasteiger partial charge in [-0.15, -0.1) is 0 Å². The number of carbonyl (C=O) groups is 2.